The van der Waals surface area contributed by atoms with Gasteiger partial charge in [-0.3, -0.25) is 0 Å². The van der Waals surface area contributed by atoms with E-state index < -0.39 is 0 Å². The molecule has 16 heavy (non-hydrogen) atoms. The van der Waals surface area contributed by atoms with Gasteiger partial charge < -0.3 is 10.1 Å². The first kappa shape index (κ1) is 11.9. The predicted molar refractivity (Wildman–Crippen MR) is 70.0 cm³/mol. The summed E-state index contributed by atoms with van der Waals surface area (Å²) in [5.41, 5.74) is 2.58. The standard InChI is InChI=1S/C13H18BrNO/c1-3-9-7-10(14)8-11(13(9)16-2)12-5-4-6-15-12/h7-8,12,15H,3-6H2,1-2H3. The van der Waals surface area contributed by atoms with Gasteiger partial charge in [-0.15, -0.1) is 0 Å². The first-order chi connectivity index (χ1) is 7.76. The average Bonchev–Trinajstić information content (AvgIpc) is 2.81. The Morgan fingerprint density at radius 2 is 2.31 bits per heavy atom. The number of hydrogen-bond donors (Lipinski definition) is 1. The second-order valence-corrected chi connectivity index (χ2v) is 5.11. The summed E-state index contributed by atoms with van der Waals surface area (Å²) < 4.78 is 6.72. The normalized spacial score (nSPS) is 20.1. The molecule has 1 unspecified atom stereocenters. The van der Waals surface area contributed by atoms with E-state index in [4.69, 9.17) is 4.74 Å². The van der Waals surface area contributed by atoms with Crippen LogP contribution in [-0.2, 0) is 6.42 Å². The van der Waals surface area contributed by atoms with Crippen LogP contribution in [0.15, 0.2) is 16.6 Å². The van der Waals surface area contributed by atoms with Crippen LogP contribution in [0, 0.1) is 0 Å². The maximum Gasteiger partial charge on any atom is 0.126 e. The van der Waals surface area contributed by atoms with E-state index in [0.717, 1.165) is 23.2 Å². The second kappa shape index (κ2) is 5.19. The fourth-order valence-electron chi connectivity index (χ4n) is 2.39. The largest absolute Gasteiger partial charge is 0.496 e. The predicted octanol–water partition coefficient (Wildman–Crippen LogP) is 3.44. The van der Waals surface area contributed by atoms with E-state index in [0.29, 0.717) is 6.04 Å². The highest BCUT2D eigenvalue weighted by Gasteiger charge is 2.21. The Balaban J connectivity index is 2.44. The third-order valence-electron chi connectivity index (χ3n) is 3.18. The number of ether oxygens (including phenoxy) is 1. The van der Waals surface area contributed by atoms with Gasteiger partial charge in [0, 0.05) is 16.1 Å². The molecule has 2 nitrogen and oxygen atoms in total. The fraction of sp³-hybridized carbons (Fsp3) is 0.538. The van der Waals surface area contributed by atoms with Gasteiger partial charge in [-0.25, -0.2) is 0 Å². The molecule has 1 N–H and O–H groups in total. The van der Waals surface area contributed by atoms with Crippen LogP contribution in [0.2, 0.25) is 0 Å². The van der Waals surface area contributed by atoms with Gasteiger partial charge in [0.1, 0.15) is 5.75 Å². The number of aryl methyl sites for hydroxylation is 1. The first-order valence-electron chi connectivity index (χ1n) is 5.86. The molecule has 0 saturated carbocycles. The third-order valence-corrected chi connectivity index (χ3v) is 3.64. The zero-order chi connectivity index (χ0) is 11.5. The topological polar surface area (TPSA) is 21.3 Å². The molecular weight excluding hydrogens is 266 g/mol. The van der Waals surface area contributed by atoms with Crippen LogP contribution in [0.1, 0.15) is 36.9 Å². The summed E-state index contributed by atoms with van der Waals surface area (Å²) in [6.45, 7) is 3.28. The summed E-state index contributed by atoms with van der Waals surface area (Å²) >= 11 is 3.58. The fourth-order valence-corrected chi connectivity index (χ4v) is 2.92. The van der Waals surface area contributed by atoms with Crippen molar-refractivity contribution in [2.75, 3.05) is 13.7 Å². The summed E-state index contributed by atoms with van der Waals surface area (Å²) in [6.07, 6.45) is 3.46. The number of benzene rings is 1. The molecule has 2 rings (SSSR count). The summed E-state index contributed by atoms with van der Waals surface area (Å²) in [5, 5.41) is 3.53. The summed E-state index contributed by atoms with van der Waals surface area (Å²) in [6, 6.07) is 4.79. The van der Waals surface area contributed by atoms with Gasteiger partial charge >= 0.3 is 0 Å². The van der Waals surface area contributed by atoms with E-state index in [1.165, 1.54) is 24.0 Å². The van der Waals surface area contributed by atoms with Gasteiger partial charge in [-0.05, 0) is 43.5 Å². The number of methoxy groups -OCH3 is 1. The van der Waals surface area contributed by atoms with Crippen molar-refractivity contribution in [2.45, 2.75) is 32.2 Å². The molecule has 1 atom stereocenters. The number of halogens is 1. The molecule has 0 bridgehead atoms. The molecule has 0 aliphatic carbocycles. The summed E-state index contributed by atoms with van der Waals surface area (Å²) in [5.74, 6) is 1.06. The van der Waals surface area contributed by atoms with Crippen LogP contribution in [0.3, 0.4) is 0 Å². The molecule has 1 aliphatic heterocycles. The van der Waals surface area contributed by atoms with Gasteiger partial charge in [-0.1, -0.05) is 22.9 Å². The molecule has 0 aromatic heterocycles. The molecule has 88 valence electrons. The maximum absolute atomic E-state index is 5.57. The molecule has 1 aromatic carbocycles. The Labute approximate surface area is 106 Å². The summed E-state index contributed by atoms with van der Waals surface area (Å²) in [4.78, 5) is 0. The molecular formula is C13H18BrNO. The number of rotatable bonds is 3. The zero-order valence-electron chi connectivity index (χ0n) is 9.85. The SMILES string of the molecule is CCc1cc(Br)cc(C2CCCN2)c1OC. The highest BCUT2D eigenvalue weighted by atomic mass is 79.9. The number of nitrogens with one attached hydrogen (secondary N) is 1. The van der Waals surface area contributed by atoms with E-state index in [1.807, 2.05) is 0 Å². The van der Waals surface area contributed by atoms with Crippen molar-refractivity contribution in [3.05, 3.63) is 27.7 Å². The van der Waals surface area contributed by atoms with Crippen molar-refractivity contribution < 1.29 is 4.74 Å². The van der Waals surface area contributed by atoms with Gasteiger partial charge in [-0.2, -0.15) is 0 Å². The summed E-state index contributed by atoms with van der Waals surface area (Å²) in [7, 11) is 1.76. The van der Waals surface area contributed by atoms with Crippen molar-refractivity contribution in [3.63, 3.8) is 0 Å². The van der Waals surface area contributed by atoms with Crippen molar-refractivity contribution in [1.29, 1.82) is 0 Å². The van der Waals surface area contributed by atoms with Crippen LogP contribution < -0.4 is 10.1 Å². The minimum Gasteiger partial charge on any atom is -0.496 e. The Bertz CT molecular complexity index is 372. The Kier molecular flexibility index (Phi) is 3.87. The molecule has 0 spiro atoms. The molecule has 0 radical (unpaired) electrons. The first-order valence-corrected chi connectivity index (χ1v) is 6.65. The van der Waals surface area contributed by atoms with Crippen molar-refractivity contribution in [3.8, 4) is 5.75 Å². The molecule has 1 fully saturated rings. The molecule has 1 aromatic rings. The van der Waals surface area contributed by atoms with E-state index in [2.05, 4.69) is 40.3 Å². The third kappa shape index (κ3) is 2.25. The second-order valence-electron chi connectivity index (χ2n) is 4.19. The average molecular weight is 284 g/mol. The monoisotopic (exact) mass is 283 g/mol. The molecule has 1 heterocycles. The van der Waals surface area contributed by atoms with Crippen molar-refractivity contribution in [2.24, 2.45) is 0 Å². The maximum atomic E-state index is 5.57. The van der Waals surface area contributed by atoms with Gasteiger partial charge in [0.25, 0.3) is 0 Å². The van der Waals surface area contributed by atoms with Crippen LogP contribution in [0.5, 0.6) is 5.75 Å². The molecule has 0 amide bonds. The highest BCUT2D eigenvalue weighted by Crippen LogP contribution is 2.36. The van der Waals surface area contributed by atoms with Gasteiger partial charge in [0.15, 0.2) is 0 Å². The van der Waals surface area contributed by atoms with Crippen LogP contribution in [-0.4, -0.2) is 13.7 Å². The Hall–Kier alpha value is -0.540. The van der Waals surface area contributed by atoms with E-state index in [9.17, 15) is 0 Å². The minimum atomic E-state index is 0.456. The highest BCUT2D eigenvalue weighted by molar-refractivity contribution is 9.10. The van der Waals surface area contributed by atoms with Crippen LogP contribution in [0.4, 0.5) is 0 Å². The van der Waals surface area contributed by atoms with Crippen molar-refractivity contribution >= 4 is 15.9 Å². The van der Waals surface area contributed by atoms with E-state index >= 15 is 0 Å². The number of hydrogen-bond acceptors (Lipinski definition) is 2. The minimum absolute atomic E-state index is 0.456. The quantitative estimate of drug-likeness (QED) is 0.918. The molecule has 1 aliphatic rings. The van der Waals surface area contributed by atoms with Crippen LogP contribution >= 0.6 is 15.9 Å². The van der Waals surface area contributed by atoms with E-state index in [-0.39, 0.29) is 0 Å². The van der Waals surface area contributed by atoms with E-state index in [1.54, 1.807) is 7.11 Å². The Morgan fingerprint density at radius 1 is 1.50 bits per heavy atom. The lowest BCUT2D eigenvalue weighted by Crippen LogP contribution is -2.14. The zero-order valence-corrected chi connectivity index (χ0v) is 11.4. The lowest BCUT2D eigenvalue weighted by Gasteiger charge is -2.18. The van der Waals surface area contributed by atoms with Gasteiger partial charge in [0.2, 0.25) is 0 Å². The van der Waals surface area contributed by atoms with Crippen molar-refractivity contribution in [1.82, 2.24) is 5.32 Å². The van der Waals surface area contributed by atoms with Crippen LogP contribution in [0.25, 0.3) is 0 Å². The lowest BCUT2D eigenvalue weighted by molar-refractivity contribution is 0.398. The smallest absolute Gasteiger partial charge is 0.126 e. The Morgan fingerprint density at radius 3 is 2.88 bits per heavy atom. The van der Waals surface area contributed by atoms with Gasteiger partial charge in [0.05, 0.1) is 7.11 Å². The lowest BCUT2D eigenvalue weighted by atomic mass is 10.00. The molecule has 1 saturated heterocycles. The molecule has 3 heteroatoms.